The molecular weight excluding hydrogens is 144 g/mol. The van der Waals surface area contributed by atoms with E-state index in [0.717, 1.165) is 6.04 Å². The van der Waals surface area contributed by atoms with Crippen LogP contribution in [0.5, 0.6) is 0 Å². The summed E-state index contributed by atoms with van der Waals surface area (Å²) in [6.07, 6.45) is 2.66. The van der Waals surface area contributed by atoms with E-state index < -0.39 is 9.76 Å². The summed E-state index contributed by atoms with van der Waals surface area (Å²) in [5.41, 5.74) is 0. The SMILES string of the molecule is [CH2]CC(=O)O[SiH2]CCCC. The Labute approximate surface area is 64.9 Å². The molecule has 0 rings (SSSR count). The predicted octanol–water partition coefficient (Wildman–Crippen LogP) is 1.06. The quantitative estimate of drug-likeness (QED) is 0.443. The van der Waals surface area contributed by atoms with Crippen molar-refractivity contribution in [3.05, 3.63) is 6.92 Å². The lowest BCUT2D eigenvalue weighted by Crippen LogP contribution is -2.06. The van der Waals surface area contributed by atoms with Crippen LogP contribution in [-0.2, 0) is 9.22 Å². The summed E-state index contributed by atoms with van der Waals surface area (Å²) in [6.45, 7) is 5.57. The molecule has 0 aromatic heterocycles. The molecule has 0 bridgehead atoms. The molecule has 59 valence electrons. The lowest BCUT2D eigenvalue weighted by molar-refractivity contribution is -0.133. The molecule has 0 N–H and O–H groups in total. The van der Waals surface area contributed by atoms with Crippen molar-refractivity contribution in [2.45, 2.75) is 32.2 Å². The highest BCUT2D eigenvalue weighted by Gasteiger charge is 1.96. The Kier molecular flexibility index (Phi) is 6.59. The average Bonchev–Trinajstić information content (AvgIpc) is 1.98. The second-order valence-electron chi connectivity index (χ2n) is 2.18. The molecule has 1 radical (unpaired) electrons. The molecule has 0 aliphatic carbocycles. The first-order valence-electron chi connectivity index (χ1n) is 3.76. The van der Waals surface area contributed by atoms with Gasteiger partial charge >= 0.3 is 0 Å². The lowest BCUT2D eigenvalue weighted by Gasteiger charge is -2.00. The van der Waals surface area contributed by atoms with Crippen LogP contribution in [0.15, 0.2) is 0 Å². The van der Waals surface area contributed by atoms with Crippen molar-refractivity contribution in [1.82, 2.24) is 0 Å². The van der Waals surface area contributed by atoms with Crippen LogP contribution in [0.2, 0.25) is 6.04 Å². The summed E-state index contributed by atoms with van der Waals surface area (Å²) in [4.78, 5) is 10.5. The van der Waals surface area contributed by atoms with E-state index >= 15 is 0 Å². The molecule has 2 nitrogen and oxygen atoms in total. The first kappa shape index (κ1) is 9.69. The van der Waals surface area contributed by atoms with Crippen LogP contribution in [0.25, 0.3) is 0 Å². The van der Waals surface area contributed by atoms with E-state index in [1.165, 1.54) is 12.8 Å². The van der Waals surface area contributed by atoms with Gasteiger partial charge < -0.3 is 4.43 Å². The molecule has 10 heavy (non-hydrogen) atoms. The second-order valence-corrected chi connectivity index (χ2v) is 3.58. The molecule has 0 spiro atoms. The molecule has 3 heteroatoms. The van der Waals surface area contributed by atoms with Gasteiger partial charge in [0.2, 0.25) is 9.76 Å². The molecule has 0 unspecified atom stereocenters. The normalized spacial score (nSPS) is 10.6. The fourth-order valence-electron chi connectivity index (χ4n) is 0.610. The highest BCUT2D eigenvalue weighted by atomic mass is 28.2. The highest BCUT2D eigenvalue weighted by molar-refractivity contribution is 6.30. The van der Waals surface area contributed by atoms with Gasteiger partial charge in [-0.1, -0.05) is 19.8 Å². The van der Waals surface area contributed by atoms with Crippen LogP contribution in [-0.4, -0.2) is 15.7 Å². The second kappa shape index (κ2) is 6.80. The zero-order valence-electron chi connectivity index (χ0n) is 6.56. The summed E-state index contributed by atoms with van der Waals surface area (Å²) in [5.74, 6) is -0.136. The van der Waals surface area contributed by atoms with Gasteiger partial charge in [-0.2, -0.15) is 0 Å². The van der Waals surface area contributed by atoms with Gasteiger partial charge in [0.1, 0.15) is 0 Å². The van der Waals surface area contributed by atoms with E-state index in [1.54, 1.807) is 0 Å². The largest absolute Gasteiger partial charge is 0.525 e. The fraction of sp³-hybridized carbons (Fsp3) is 0.714. The topological polar surface area (TPSA) is 26.3 Å². The number of hydrogen-bond acceptors (Lipinski definition) is 2. The predicted molar refractivity (Wildman–Crippen MR) is 44.3 cm³/mol. The summed E-state index contributed by atoms with van der Waals surface area (Å²) >= 11 is 0. The minimum absolute atomic E-state index is 0.136. The van der Waals surface area contributed by atoms with Gasteiger partial charge in [0, 0.05) is 6.42 Å². The first-order valence-corrected chi connectivity index (χ1v) is 5.33. The van der Waals surface area contributed by atoms with Crippen molar-refractivity contribution in [3.8, 4) is 0 Å². The molecular formula is C7H15O2Si. The Balaban J connectivity index is 2.96. The number of carbonyl (C=O) groups is 1. The van der Waals surface area contributed by atoms with Crippen molar-refractivity contribution >= 4 is 15.7 Å². The van der Waals surface area contributed by atoms with Gasteiger partial charge in [-0.05, 0) is 13.0 Å². The van der Waals surface area contributed by atoms with E-state index in [4.69, 9.17) is 4.43 Å². The molecule has 0 aromatic rings. The maximum atomic E-state index is 10.5. The summed E-state index contributed by atoms with van der Waals surface area (Å²) in [7, 11) is -0.548. The number of rotatable bonds is 5. The molecule has 0 fully saturated rings. The van der Waals surface area contributed by atoms with Gasteiger partial charge in [-0.3, -0.25) is 4.79 Å². The van der Waals surface area contributed by atoms with Gasteiger partial charge in [0.15, 0.2) is 0 Å². The summed E-state index contributed by atoms with van der Waals surface area (Å²) < 4.78 is 4.93. The Hall–Kier alpha value is -0.313. The van der Waals surface area contributed by atoms with Crippen LogP contribution in [0, 0.1) is 6.92 Å². The van der Waals surface area contributed by atoms with Gasteiger partial charge in [0.25, 0.3) is 5.97 Å². The maximum Gasteiger partial charge on any atom is 0.292 e. The molecule has 0 saturated carbocycles. The van der Waals surface area contributed by atoms with Crippen molar-refractivity contribution in [1.29, 1.82) is 0 Å². The van der Waals surface area contributed by atoms with E-state index in [-0.39, 0.29) is 12.4 Å². The molecule has 0 aromatic carbocycles. The monoisotopic (exact) mass is 159 g/mol. The van der Waals surface area contributed by atoms with E-state index in [0.29, 0.717) is 0 Å². The number of carbonyl (C=O) groups excluding carboxylic acids is 1. The third kappa shape index (κ3) is 5.82. The molecule has 0 aliphatic rings. The van der Waals surface area contributed by atoms with Crippen LogP contribution in [0.3, 0.4) is 0 Å². The Morgan fingerprint density at radius 3 is 2.90 bits per heavy atom. The smallest absolute Gasteiger partial charge is 0.292 e. The van der Waals surface area contributed by atoms with Gasteiger partial charge in [-0.25, -0.2) is 0 Å². The zero-order chi connectivity index (χ0) is 7.82. The first-order chi connectivity index (χ1) is 4.81. The minimum Gasteiger partial charge on any atom is -0.525 e. The van der Waals surface area contributed by atoms with Crippen LogP contribution in [0.1, 0.15) is 26.2 Å². The molecule has 0 amide bonds. The molecule has 0 aliphatic heterocycles. The number of hydrogen-bond donors (Lipinski definition) is 0. The van der Waals surface area contributed by atoms with E-state index in [1.807, 2.05) is 0 Å². The third-order valence-electron chi connectivity index (χ3n) is 1.22. The third-order valence-corrected chi connectivity index (χ3v) is 2.53. The van der Waals surface area contributed by atoms with Crippen molar-refractivity contribution in [2.24, 2.45) is 0 Å². The van der Waals surface area contributed by atoms with Crippen LogP contribution in [0.4, 0.5) is 0 Å². The van der Waals surface area contributed by atoms with E-state index in [9.17, 15) is 4.79 Å². The minimum atomic E-state index is -0.548. The van der Waals surface area contributed by atoms with Crippen LogP contribution >= 0.6 is 0 Å². The average molecular weight is 159 g/mol. The standard InChI is InChI=1S/C7H15O2Si/c1-3-5-6-10-9-7(8)4-2/h2-6,10H2,1H3. The molecule has 0 atom stereocenters. The lowest BCUT2D eigenvalue weighted by atomic mass is 10.4. The van der Waals surface area contributed by atoms with Gasteiger partial charge in [-0.15, -0.1) is 0 Å². The van der Waals surface area contributed by atoms with Crippen molar-refractivity contribution in [2.75, 3.05) is 0 Å². The zero-order valence-corrected chi connectivity index (χ0v) is 7.97. The fourth-order valence-corrected chi connectivity index (χ4v) is 1.83. The Bertz CT molecular complexity index is 93.6. The van der Waals surface area contributed by atoms with Crippen molar-refractivity contribution < 1.29 is 9.22 Å². The Morgan fingerprint density at radius 2 is 2.40 bits per heavy atom. The maximum absolute atomic E-state index is 10.5. The highest BCUT2D eigenvalue weighted by Crippen LogP contribution is 1.94. The van der Waals surface area contributed by atoms with Gasteiger partial charge in [0.05, 0.1) is 0 Å². The number of unbranched alkanes of at least 4 members (excludes halogenated alkanes) is 1. The molecule has 0 heterocycles. The Morgan fingerprint density at radius 1 is 1.70 bits per heavy atom. The molecule has 0 saturated heterocycles. The van der Waals surface area contributed by atoms with Crippen molar-refractivity contribution in [3.63, 3.8) is 0 Å². The van der Waals surface area contributed by atoms with Crippen LogP contribution < -0.4 is 0 Å². The summed E-state index contributed by atoms with van der Waals surface area (Å²) in [5, 5.41) is 0. The summed E-state index contributed by atoms with van der Waals surface area (Å²) in [6, 6.07) is 1.11. The van der Waals surface area contributed by atoms with E-state index in [2.05, 4.69) is 13.8 Å².